The second-order valence-electron chi connectivity index (χ2n) is 2.35. The van der Waals surface area contributed by atoms with Crippen molar-refractivity contribution in [2.24, 2.45) is 16.5 Å². The van der Waals surface area contributed by atoms with Gasteiger partial charge in [0.15, 0.2) is 5.96 Å². The molecule has 0 amide bonds. The first-order chi connectivity index (χ1) is 6.13. The van der Waals surface area contributed by atoms with Crippen molar-refractivity contribution in [3.63, 3.8) is 0 Å². The van der Waals surface area contributed by atoms with Gasteiger partial charge in [0.25, 0.3) is 0 Å². The zero-order valence-corrected chi connectivity index (χ0v) is 7.88. The Bertz CT molecular complexity index is 334. The second kappa shape index (κ2) is 4.00. The molecule has 0 aliphatic carbocycles. The SMILES string of the molecule is COc1cc(Cl)ccc1N=C(N)N. The standard InChI is InChI=1S/C8H10ClN3O/c1-13-7-4-5(9)2-3-6(7)12-8(10)11/h2-4H,1H3,(H4,10,11,12). The maximum Gasteiger partial charge on any atom is 0.191 e. The lowest BCUT2D eigenvalue weighted by atomic mass is 10.3. The number of rotatable bonds is 2. The van der Waals surface area contributed by atoms with Crippen LogP contribution < -0.4 is 16.2 Å². The fraction of sp³-hybridized carbons (Fsp3) is 0.125. The highest BCUT2D eigenvalue weighted by Crippen LogP contribution is 2.29. The Kier molecular flexibility index (Phi) is 2.97. The van der Waals surface area contributed by atoms with Gasteiger partial charge in [0.2, 0.25) is 0 Å². The quantitative estimate of drug-likeness (QED) is 0.556. The van der Waals surface area contributed by atoms with Crippen molar-refractivity contribution in [2.75, 3.05) is 7.11 Å². The fourth-order valence-electron chi connectivity index (χ4n) is 0.883. The zero-order valence-electron chi connectivity index (χ0n) is 7.12. The molecule has 0 unspecified atom stereocenters. The van der Waals surface area contributed by atoms with Crippen LogP contribution in [0, 0.1) is 0 Å². The van der Waals surface area contributed by atoms with Crippen molar-refractivity contribution in [2.45, 2.75) is 0 Å². The molecule has 4 N–H and O–H groups in total. The monoisotopic (exact) mass is 199 g/mol. The summed E-state index contributed by atoms with van der Waals surface area (Å²) >= 11 is 5.74. The van der Waals surface area contributed by atoms with Crippen molar-refractivity contribution in [1.29, 1.82) is 0 Å². The second-order valence-corrected chi connectivity index (χ2v) is 2.79. The van der Waals surface area contributed by atoms with Crippen LogP contribution in [0.1, 0.15) is 0 Å². The molecule has 0 saturated carbocycles. The lowest BCUT2D eigenvalue weighted by Gasteiger charge is -2.04. The van der Waals surface area contributed by atoms with Crippen molar-refractivity contribution in [3.8, 4) is 5.75 Å². The van der Waals surface area contributed by atoms with Crippen LogP contribution in [-0.2, 0) is 0 Å². The van der Waals surface area contributed by atoms with E-state index in [2.05, 4.69) is 4.99 Å². The molecule has 0 fully saturated rings. The summed E-state index contributed by atoms with van der Waals surface area (Å²) < 4.78 is 5.02. The molecule has 0 atom stereocenters. The molecular formula is C8H10ClN3O. The average molecular weight is 200 g/mol. The van der Waals surface area contributed by atoms with E-state index >= 15 is 0 Å². The van der Waals surface area contributed by atoms with Gasteiger partial charge in [-0.05, 0) is 12.1 Å². The van der Waals surface area contributed by atoms with E-state index in [-0.39, 0.29) is 5.96 Å². The third-order valence-electron chi connectivity index (χ3n) is 1.39. The van der Waals surface area contributed by atoms with Gasteiger partial charge in [-0.15, -0.1) is 0 Å². The molecule has 1 aromatic rings. The molecule has 0 heterocycles. The molecule has 0 aliphatic heterocycles. The van der Waals surface area contributed by atoms with E-state index in [1.807, 2.05) is 0 Å². The topological polar surface area (TPSA) is 73.6 Å². The summed E-state index contributed by atoms with van der Waals surface area (Å²) in [6.45, 7) is 0. The smallest absolute Gasteiger partial charge is 0.191 e. The predicted octanol–water partition coefficient (Wildman–Crippen LogP) is 1.25. The Morgan fingerprint density at radius 3 is 2.69 bits per heavy atom. The minimum absolute atomic E-state index is 0.0133. The number of halogens is 1. The molecule has 4 nitrogen and oxygen atoms in total. The van der Waals surface area contributed by atoms with Crippen LogP contribution in [0.25, 0.3) is 0 Å². The molecular weight excluding hydrogens is 190 g/mol. The number of nitrogens with zero attached hydrogens (tertiary/aromatic N) is 1. The molecule has 0 bridgehead atoms. The number of guanidine groups is 1. The summed E-state index contributed by atoms with van der Waals surface area (Å²) in [7, 11) is 1.53. The summed E-state index contributed by atoms with van der Waals surface area (Å²) in [5.41, 5.74) is 11.0. The molecule has 0 aliphatic rings. The lowest BCUT2D eigenvalue weighted by Crippen LogP contribution is -2.21. The third kappa shape index (κ3) is 2.52. The van der Waals surface area contributed by atoms with Crippen LogP contribution in [0.15, 0.2) is 23.2 Å². The van der Waals surface area contributed by atoms with Crippen LogP contribution in [0.5, 0.6) is 5.75 Å². The highest BCUT2D eigenvalue weighted by molar-refractivity contribution is 6.30. The number of ether oxygens (including phenoxy) is 1. The highest BCUT2D eigenvalue weighted by atomic mass is 35.5. The Morgan fingerprint density at radius 2 is 2.15 bits per heavy atom. The minimum Gasteiger partial charge on any atom is -0.494 e. The summed E-state index contributed by atoms with van der Waals surface area (Å²) in [4.78, 5) is 3.86. The van der Waals surface area contributed by atoms with E-state index in [9.17, 15) is 0 Å². The first-order valence-corrected chi connectivity index (χ1v) is 3.94. The van der Waals surface area contributed by atoms with Crippen LogP contribution in [0.3, 0.4) is 0 Å². The van der Waals surface area contributed by atoms with Gasteiger partial charge in [-0.2, -0.15) is 0 Å². The number of aliphatic imine (C=N–C) groups is 1. The molecule has 13 heavy (non-hydrogen) atoms. The zero-order chi connectivity index (χ0) is 9.84. The normalized spacial score (nSPS) is 9.38. The molecule has 1 rings (SSSR count). The van der Waals surface area contributed by atoms with Crippen molar-refractivity contribution in [3.05, 3.63) is 23.2 Å². The Hall–Kier alpha value is -1.42. The summed E-state index contributed by atoms with van der Waals surface area (Å²) in [5.74, 6) is 0.529. The number of hydrogen-bond acceptors (Lipinski definition) is 2. The summed E-state index contributed by atoms with van der Waals surface area (Å²) in [6.07, 6.45) is 0. The Labute approximate surface area is 81.2 Å². The predicted molar refractivity (Wildman–Crippen MR) is 53.5 cm³/mol. The van der Waals surface area contributed by atoms with E-state index < -0.39 is 0 Å². The molecule has 0 saturated heterocycles. The van der Waals surface area contributed by atoms with Gasteiger partial charge in [-0.3, -0.25) is 0 Å². The number of methoxy groups -OCH3 is 1. The van der Waals surface area contributed by atoms with Crippen molar-refractivity contribution >= 4 is 23.2 Å². The lowest BCUT2D eigenvalue weighted by molar-refractivity contribution is 0.416. The molecule has 1 aromatic carbocycles. The first-order valence-electron chi connectivity index (χ1n) is 3.56. The molecule has 0 aromatic heterocycles. The van der Waals surface area contributed by atoms with Gasteiger partial charge in [-0.1, -0.05) is 11.6 Å². The van der Waals surface area contributed by atoms with Gasteiger partial charge >= 0.3 is 0 Å². The maximum atomic E-state index is 5.74. The Balaban J connectivity index is 3.14. The largest absolute Gasteiger partial charge is 0.494 e. The van der Waals surface area contributed by atoms with E-state index in [0.29, 0.717) is 16.5 Å². The van der Waals surface area contributed by atoms with Crippen molar-refractivity contribution < 1.29 is 4.74 Å². The highest BCUT2D eigenvalue weighted by Gasteiger charge is 2.01. The molecule has 70 valence electrons. The van der Waals surface area contributed by atoms with Crippen LogP contribution in [0.4, 0.5) is 5.69 Å². The summed E-state index contributed by atoms with van der Waals surface area (Å²) in [5, 5.41) is 0.575. The van der Waals surface area contributed by atoms with Crippen LogP contribution >= 0.6 is 11.6 Å². The maximum absolute atomic E-state index is 5.74. The van der Waals surface area contributed by atoms with E-state index in [0.717, 1.165) is 0 Å². The Morgan fingerprint density at radius 1 is 1.46 bits per heavy atom. The van der Waals surface area contributed by atoms with E-state index in [4.69, 9.17) is 27.8 Å². The number of benzene rings is 1. The minimum atomic E-state index is -0.0133. The van der Waals surface area contributed by atoms with Crippen LogP contribution in [0.2, 0.25) is 5.02 Å². The van der Waals surface area contributed by atoms with Gasteiger partial charge in [-0.25, -0.2) is 4.99 Å². The van der Waals surface area contributed by atoms with E-state index in [1.54, 1.807) is 18.2 Å². The van der Waals surface area contributed by atoms with E-state index in [1.165, 1.54) is 7.11 Å². The van der Waals surface area contributed by atoms with Gasteiger partial charge < -0.3 is 16.2 Å². The average Bonchev–Trinajstić information content (AvgIpc) is 2.07. The fourth-order valence-corrected chi connectivity index (χ4v) is 1.05. The summed E-state index contributed by atoms with van der Waals surface area (Å²) in [6, 6.07) is 5.01. The molecule has 5 heteroatoms. The van der Waals surface area contributed by atoms with Gasteiger partial charge in [0.05, 0.1) is 7.11 Å². The number of hydrogen-bond donors (Lipinski definition) is 2. The first kappa shape index (κ1) is 9.67. The third-order valence-corrected chi connectivity index (χ3v) is 1.63. The van der Waals surface area contributed by atoms with Crippen LogP contribution in [-0.4, -0.2) is 13.1 Å². The molecule has 0 radical (unpaired) electrons. The molecule has 0 spiro atoms. The van der Waals surface area contributed by atoms with Crippen molar-refractivity contribution in [1.82, 2.24) is 0 Å². The number of nitrogens with two attached hydrogens (primary N) is 2. The van der Waals surface area contributed by atoms with Gasteiger partial charge in [0.1, 0.15) is 11.4 Å². The van der Waals surface area contributed by atoms with Gasteiger partial charge in [0, 0.05) is 11.1 Å².